The fourth-order valence-electron chi connectivity index (χ4n) is 2.71. The van der Waals surface area contributed by atoms with Crippen LogP contribution in [0.15, 0.2) is 35.9 Å². The van der Waals surface area contributed by atoms with Crippen LogP contribution in [-0.4, -0.2) is 13.1 Å². The second-order valence-electron chi connectivity index (χ2n) is 6.34. The van der Waals surface area contributed by atoms with E-state index in [1.54, 1.807) is 6.08 Å². The van der Waals surface area contributed by atoms with Crippen LogP contribution in [-0.2, 0) is 0 Å². The van der Waals surface area contributed by atoms with Gasteiger partial charge in [0.05, 0.1) is 0 Å². The monoisotopic (exact) mass is 293 g/mol. The Morgan fingerprint density at radius 2 is 1.86 bits per heavy atom. The van der Waals surface area contributed by atoms with Gasteiger partial charge in [-0.2, -0.15) is 0 Å². The minimum absolute atomic E-state index is 0.0364. The van der Waals surface area contributed by atoms with Gasteiger partial charge >= 0.3 is 0 Å². The van der Waals surface area contributed by atoms with Crippen molar-refractivity contribution in [2.75, 3.05) is 7.05 Å². The number of halogens is 2. The first-order valence-electron chi connectivity index (χ1n) is 7.18. The van der Waals surface area contributed by atoms with E-state index in [0.29, 0.717) is 11.1 Å². The average Bonchev–Trinajstić information content (AvgIpc) is 2.38. The molecule has 1 aromatic carbocycles. The highest BCUT2D eigenvalue weighted by Gasteiger charge is 2.24. The maximum atomic E-state index is 13.9. The molecule has 3 heteroatoms. The molecule has 116 valence electrons. The quantitative estimate of drug-likeness (QED) is 0.775. The molecule has 1 N–H and O–H groups in total. The Bertz CT molecular complexity index is 551. The smallest absolute Gasteiger partial charge is 0.131 e. The largest absolute Gasteiger partial charge is 0.313 e. The van der Waals surface area contributed by atoms with Gasteiger partial charge in [0.25, 0.3) is 0 Å². The molecule has 0 saturated heterocycles. The first-order valence-corrected chi connectivity index (χ1v) is 7.18. The number of likely N-dealkylation sites (N-methyl/N-ethyl adjacent to an activating group) is 1. The molecule has 1 atom stereocenters. The Morgan fingerprint density at radius 1 is 1.24 bits per heavy atom. The molecule has 0 aliphatic heterocycles. The van der Waals surface area contributed by atoms with Gasteiger partial charge in [-0.05, 0) is 50.1 Å². The third kappa shape index (κ3) is 4.50. The molecule has 1 unspecified atom stereocenters. The molecule has 1 nitrogen and oxygen atoms in total. The first-order chi connectivity index (χ1) is 9.70. The number of benzene rings is 1. The van der Waals surface area contributed by atoms with E-state index in [0.717, 1.165) is 17.7 Å². The van der Waals surface area contributed by atoms with Crippen molar-refractivity contribution in [3.05, 3.63) is 53.1 Å². The highest BCUT2D eigenvalue weighted by Crippen LogP contribution is 2.28. The van der Waals surface area contributed by atoms with Crippen LogP contribution in [0.1, 0.15) is 40.2 Å². The van der Waals surface area contributed by atoms with Crippen LogP contribution in [0.3, 0.4) is 0 Å². The van der Waals surface area contributed by atoms with E-state index in [1.165, 1.54) is 6.07 Å². The van der Waals surface area contributed by atoms with E-state index in [1.807, 2.05) is 27.0 Å². The number of hydrogen-bond acceptors (Lipinski definition) is 1. The number of rotatable bonds is 4. The van der Waals surface area contributed by atoms with Crippen molar-refractivity contribution >= 4 is 5.57 Å². The average molecular weight is 293 g/mol. The summed E-state index contributed by atoms with van der Waals surface area (Å²) in [5.74, 6) is -0.844. The van der Waals surface area contributed by atoms with Crippen LogP contribution in [0.5, 0.6) is 0 Å². The van der Waals surface area contributed by atoms with Crippen molar-refractivity contribution in [2.24, 2.45) is 5.41 Å². The van der Waals surface area contributed by atoms with Gasteiger partial charge in [0.15, 0.2) is 0 Å². The molecule has 0 saturated carbocycles. The normalized spacial score (nSPS) is 15.2. The van der Waals surface area contributed by atoms with Crippen molar-refractivity contribution < 1.29 is 8.78 Å². The van der Waals surface area contributed by atoms with E-state index in [-0.39, 0.29) is 11.5 Å². The lowest BCUT2D eigenvalue weighted by Crippen LogP contribution is -2.38. The molecule has 21 heavy (non-hydrogen) atoms. The van der Waals surface area contributed by atoms with Crippen LogP contribution in [0, 0.1) is 17.0 Å². The summed E-state index contributed by atoms with van der Waals surface area (Å²) in [6, 6.07) is 3.69. The summed E-state index contributed by atoms with van der Waals surface area (Å²) >= 11 is 0. The molecule has 0 fully saturated rings. The second-order valence-corrected chi connectivity index (χ2v) is 6.34. The molecule has 0 spiro atoms. The van der Waals surface area contributed by atoms with E-state index in [2.05, 4.69) is 26.1 Å². The molecule has 0 aliphatic rings. The predicted molar refractivity (Wildman–Crippen MR) is 86.1 cm³/mol. The molecule has 0 amide bonds. The summed E-state index contributed by atoms with van der Waals surface area (Å²) < 4.78 is 27.3. The Labute approximate surface area is 126 Å². The lowest BCUT2D eigenvalue weighted by atomic mass is 9.82. The number of hydrogen-bond donors (Lipinski definition) is 1. The maximum absolute atomic E-state index is 13.9. The minimum atomic E-state index is -0.433. The predicted octanol–water partition coefficient (Wildman–Crippen LogP) is 4.95. The van der Waals surface area contributed by atoms with E-state index in [9.17, 15) is 8.78 Å². The summed E-state index contributed by atoms with van der Waals surface area (Å²) in [6.45, 7) is 10.3. The molecular formula is C18H25F2N. The first kappa shape index (κ1) is 17.6. The Hall–Kier alpha value is -1.48. The highest BCUT2D eigenvalue weighted by atomic mass is 19.1. The van der Waals surface area contributed by atoms with Gasteiger partial charge in [0, 0.05) is 11.6 Å². The molecular weight excluding hydrogens is 268 g/mol. The summed E-state index contributed by atoms with van der Waals surface area (Å²) in [7, 11) is 1.91. The Balaban J connectivity index is 3.23. The Morgan fingerprint density at radius 3 is 2.33 bits per heavy atom. The third-order valence-corrected chi connectivity index (χ3v) is 3.54. The van der Waals surface area contributed by atoms with Gasteiger partial charge in [-0.15, -0.1) is 0 Å². The zero-order valence-electron chi connectivity index (χ0n) is 13.7. The van der Waals surface area contributed by atoms with Crippen LogP contribution < -0.4 is 5.32 Å². The maximum Gasteiger partial charge on any atom is 0.131 e. The van der Waals surface area contributed by atoms with Crippen molar-refractivity contribution in [3.63, 3.8) is 0 Å². The van der Waals surface area contributed by atoms with E-state index in [4.69, 9.17) is 0 Å². The van der Waals surface area contributed by atoms with Crippen LogP contribution in [0.4, 0.5) is 8.78 Å². The molecule has 0 aliphatic carbocycles. The van der Waals surface area contributed by atoms with Gasteiger partial charge < -0.3 is 5.32 Å². The summed E-state index contributed by atoms with van der Waals surface area (Å²) in [6.07, 6.45) is 3.72. The van der Waals surface area contributed by atoms with Gasteiger partial charge in [0.1, 0.15) is 11.6 Å². The zero-order valence-corrected chi connectivity index (χ0v) is 13.7. The van der Waals surface area contributed by atoms with Crippen molar-refractivity contribution in [2.45, 2.75) is 40.7 Å². The van der Waals surface area contributed by atoms with Crippen LogP contribution in [0.25, 0.3) is 5.57 Å². The standard InChI is InChI=1S/C18H25F2N/c1-7-13(15-11-14(19)8-9-16(15)20)10-12(2)17(21-6)18(3,4)5/h7-11,17,21H,1-6H3/b12-10+,13-7+. The van der Waals surface area contributed by atoms with Gasteiger partial charge in [-0.1, -0.05) is 38.5 Å². The highest BCUT2D eigenvalue weighted by molar-refractivity contribution is 5.75. The van der Waals surface area contributed by atoms with Crippen LogP contribution >= 0.6 is 0 Å². The zero-order chi connectivity index (χ0) is 16.2. The van der Waals surface area contributed by atoms with Gasteiger partial charge in [-0.25, -0.2) is 8.78 Å². The summed E-state index contributed by atoms with van der Waals surface area (Å²) in [5, 5.41) is 3.29. The summed E-state index contributed by atoms with van der Waals surface area (Å²) in [5.41, 5.74) is 2.10. The fraction of sp³-hybridized carbons (Fsp3) is 0.444. The summed E-state index contributed by atoms with van der Waals surface area (Å²) in [4.78, 5) is 0. The van der Waals surface area contributed by atoms with E-state index < -0.39 is 11.6 Å². The second kappa shape index (κ2) is 6.99. The topological polar surface area (TPSA) is 12.0 Å². The lowest BCUT2D eigenvalue weighted by Gasteiger charge is -2.31. The third-order valence-electron chi connectivity index (χ3n) is 3.54. The fourth-order valence-corrected chi connectivity index (χ4v) is 2.71. The lowest BCUT2D eigenvalue weighted by molar-refractivity contribution is 0.316. The SMILES string of the molecule is C/C=C(\C=C(/C)C(NC)C(C)(C)C)c1cc(F)ccc1F. The molecule has 0 bridgehead atoms. The number of nitrogens with one attached hydrogen (secondary N) is 1. The molecule has 0 aromatic heterocycles. The Kier molecular flexibility index (Phi) is 5.85. The van der Waals surface area contributed by atoms with Gasteiger partial charge in [0.2, 0.25) is 0 Å². The van der Waals surface area contributed by atoms with Gasteiger partial charge in [-0.3, -0.25) is 0 Å². The number of allylic oxidation sites excluding steroid dienone is 3. The molecule has 0 radical (unpaired) electrons. The molecule has 1 rings (SSSR count). The molecule has 1 aromatic rings. The van der Waals surface area contributed by atoms with Crippen LogP contribution in [0.2, 0.25) is 0 Å². The van der Waals surface area contributed by atoms with Crippen molar-refractivity contribution in [1.82, 2.24) is 5.32 Å². The van der Waals surface area contributed by atoms with Crippen molar-refractivity contribution in [1.29, 1.82) is 0 Å². The van der Waals surface area contributed by atoms with E-state index >= 15 is 0 Å². The minimum Gasteiger partial charge on any atom is -0.313 e. The van der Waals surface area contributed by atoms with Crippen molar-refractivity contribution in [3.8, 4) is 0 Å². The molecule has 0 heterocycles.